The summed E-state index contributed by atoms with van der Waals surface area (Å²) in [5.74, 6) is 0.0693. The molecule has 4 nitrogen and oxygen atoms in total. The average Bonchev–Trinajstić information content (AvgIpc) is 2.96. The van der Waals surface area contributed by atoms with Crippen LogP contribution in [0, 0.1) is 12.7 Å². The van der Waals surface area contributed by atoms with Crippen molar-refractivity contribution in [1.29, 1.82) is 0 Å². The van der Waals surface area contributed by atoms with Crippen molar-refractivity contribution in [3.8, 4) is 22.5 Å². The number of thiazole rings is 1. The second-order valence-corrected chi connectivity index (χ2v) is 5.43. The molecule has 3 rings (SSSR count). The van der Waals surface area contributed by atoms with Gasteiger partial charge >= 0.3 is 0 Å². The van der Waals surface area contributed by atoms with E-state index in [1.54, 1.807) is 18.4 Å². The number of hydrogen-bond acceptors (Lipinski definition) is 5. The molecule has 2 N–H and O–H groups in total. The smallest absolute Gasteiger partial charge is 0.180 e. The highest BCUT2D eigenvalue weighted by atomic mass is 35.5. The molecular weight excluding hydrogens is 301 g/mol. The summed E-state index contributed by atoms with van der Waals surface area (Å²) in [6.07, 6.45) is 0. The summed E-state index contributed by atoms with van der Waals surface area (Å²) in [7, 11) is 0. The first-order valence-corrected chi connectivity index (χ1v) is 6.95. The van der Waals surface area contributed by atoms with Gasteiger partial charge in [0.1, 0.15) is 17.3 Å². The zero-order valence-electron chi connectivity index (χ0n) is 10.4. The van der Waals surface area contributed by atoms with Crippen molar-refractivity contribution < 1.29 is 8.91 Å². The van der Waals surface area contributed by atoms with Crippen molar-refractivity contribution in [1.82, 2.24) is 10.1 Å². The van der Waals surface area contributed by atoms with Crippen LogP contribution < -0.4 is 5.73 Å². The largest absolute Gasteiger partial charge is 0.375 e. The van der Waals surface area contributed by atoms with Crippen LogP contribution >= 0.6 is 22.9 Å². The number of benzene rings is 1. The van der Waals surface area contributed by atoms with E-state index in [0.717, 1.165) is 0 Å². The lowest BCUT2D eigenvalue weighted by molar-refractivity contribution is 0.400. The third-order valence-electron chi connectivity index (χ3n) is 2.84. The van der Waals surface area contributed by atoms with Crippen LogP contribution in [0.2, 0.25) is 5.02 Å². The van der Waals surface area contributed by atoms with E-state index in [-0.39, 0.29) is 10.6 Å². The molecule has 2 aromatic heterocycles. The van der Waals surface area contributed by atoms with Crippen LogP contribution in [0.25, 0.3) is 22.5 Å². The summed E-state index contributed by atoms with van der Waals surface area (Å²) >= 11 is 7.37. The Bertz CT molecular complexity index is 764. The number of nitrogen functional groups attached to an aromatic ring is 1. The van der Waals surface area contributed by atoms with Gasteiger partial charge in [0.05, 0.1) is 21.8 Å². The number of nitrogens with zero attached hydrogens (tertiary/aromatic N) is 2. The van der Waals surface area contributed by atoms with E-state index in [9.17, 15) is 4.39 Å². The van der Waals surface area contributed by atoms with E-state index in [1.807, 2.05) is 0 Å². The summed E-state index contributed by atoms with van der Waals surface area (Å²) in [6.45, 7) is 1.73. The van der Waals surface area contributed by atoms with Crippen molar-refractivity contribution in [3.63, 3.8) is 0 Å². The van der Waals surface area contributed by atoms with Gasteiger partial charge in [-0.25, -0.2) is 9.37 Å². The number of nitrogens with two attached hydrogens (primary N) is 1. The van der Waals surface area contributed by atoms with Crippen molar-refractivity contribution >= 4 is 28.1 Å². The maximum Gasteiger partial charge on any atom is 0.180 e. The van der Waals surface area contributed by atoms with E-state index >= 15 is 0 Å². The molecule has 0 atom stereocenters. The molecule has 0 aliphatic heterocycles. The fourth-order valence-corrected chi connectivity index (χ4v) is 2.78. The fourth-order valence-electron chi connectivity index (χ4n) is 1.97. The zero-order chi connectivity index (χ0) is 14.3. The highest BCUT2D eigenvalue weighted by Crippen LogP contribution is 2.39. The first-order chi connectivity index (χ1) is 9.58. The lowest BCUT2D eigenvalue weighted by Gasteiger charge is -2.04. The summed E-state index contributed by atoms with van der Waals surface area (Å²) < 4.78 is 19.2. The minimum Gasteiger partial charge on any atom is -0.375 e. The second-order valence-electron chi connectivity index (χ2n) is 4.13. The fraction of sp³-hybridized carbons (Fsp3) is 0.0769. The van der Waals surface area contributed by atoms with E-state index in [1.165, 1.54) is 23.5 Å². The minimum absolute atomic E-state index is 0.201. The normalized spacial score (nSPS) is 10.9. The van der Waals surface area contributed by atoms with Gasteiger partial charge in [-0.1, -0.05) is 22.8 Å². The highest BCUT2D eigenvalue weighted by molar-refractivity contribution is 7.13. The molecule has 0 bridgehead atoms. The Morgan fingerprint density at radius 1 is 1.35 bits per heavy atom. The molecule has 0 saturated heterocycles. The molecule has 0 aliphatic carbocycles. The van der Waals surface area contributed by atoms with Crippen molar-refractivity contribution in [2.45, 2.75) is 6.92 Å². The molecule has 0 unspecified atom stereocenters. The summed E-state index contributed by atoms with van der Waals surface area (Å²) in [5, 5.41) is 6.38. The molecule has 1 aromatic carbocycles. The van der Waals surface area contributed by atoms with E-state index in [2.05, 4.69) is 10.1 Å². The van der Waals surface area contributed by atoms with E-state index in [0.29, 0.717) is 27.8 Å². The lowest BCUT2D eigenvalue weighted by Crippen LogP contribution is -1.90. The van der Waals surface area contributed by atoms with Gasteiger partial charge in [0, 0.05) is 5.38 Å². The number of rotatable bonds is 2. The van der Waals surface area contributed by atoms with Crippen LogP contribution in [-0.2, 0) is 0 Å². The molecule has 3 aromatic rings. The predicted octanol–water partition coefficient (Wildman–Crippen LogP) is 4.15. The third-order valence-corrected chi connectivity index (χ3v) is 3.83. The third kappa shape index (κ3) is 2.07. The van der Waals surface area contributed by atoms with Crippen LogP contribution in [0.3, 0.4) is 0 Å². The maximum absolute atomic E-state index is 14.0. The quantitative estimate of drug-likeness (QED) is 0.772. The van der Waals surface area contributed by atoms with Crippen LogP contribution in [0.5, 0.6) is 0 Å². The molecule has 0 radical (unpaired) electrons. The monoisotopic (exact) mass is 309 g/mol. The first-order valence-electron chi connectivity index (χ1n) is 5.70. The van der Waals surface area contributed by atoms with Gasteiger partial charge in [0.25, 0.3) is 0 Å². The predicted molar refractivity (Wildman–Crippen MR) is 77.2 cm³/mol. The molecule has 7 heteroatoms. The highest BCUT2D eigenvalue weighted by Gasteiger charge is 2.23. The average molecular weight is 310 g/mol. The Morgan fingerprint density at radius 2 is 2.15 bits per heavy atom. The SMILES string of the molecule is Cc1onc(-c2c(F)cccc2Cl)c1-c1csc(N)n1. The number of aryl methyl sites for hydroxylation is 1. The molecule has 0 aliphatic rings. The maximum atomic E-state index is 14.0. The van der Waals surface area contributed by atoms with Crippen molar-refractivity contribution in [2.24, 2.45) is 0 Å². The Kier molecular flexibility index (Phi) is 3.19. The molecule has 0 saturated carbocycles. The Labute approximate surface area is 123 Å². The Balaban J connectivity index is 2.26. The zero-order valence-corrected chi connectivity index (χ0v) is 11.9. The summed E-state index contributed by atoms with van der Waals surface area (Å²) in [4.78, 5) is 4.19. The lowest BCUT2D eigenvalue weighted by atomic mass is 10.0. The molecular formula is C13H9ClFN3OS. The van der Waals surface area contributed by atoms with Gasteiger partial charge in [0.2, 0.25) is 0 Å². The number of aromatic nitrogens is 2. The van der Waals surface area contributed by atoms with Gasteiger partial charge < -0.3 is 10.3 Å². The molecule has 2 heterocycles. The second kappa shape index (κ2) is 4.88. The summed E-state index contributed by atoms with van der Waals surface area (Å²) in [6, 6.07) is 4.46. The molecule has 0 fully saturated rings. The van der Waals surface area contributed by atoms with Crippen LogP contribution in [-0.4, -0.2) is 10.1 Å². The molecule has 20 heavy (non-hydrogen) atoms. The van der Waals surface area contributed by atoms with Crippen LogP contribution in [0.1, 0.15) is 5.76 Å². The van der Waals surface area contributed by atoms with Crippen LogP contribution in [0.15, 0.2) is 28.1 Å². The van der Waals surface area contributed by atoms with E-state index < -0.39 is 5.82 Å². The molecule has 0 amide bonds. The summed E-state index contributed by atoms with van der Waals surface area (Å²) in [5.41, 5.74) is 7.37. The minimum atomic E-state index is -0.463. The number of halogens is 2. The first kappa shape index (κ1) is 13.1. The van der Waals surface area contributed by atoms with Gasteiger partial charge in [0.15, 0.2) is 5.13 Å². The van der Waals surface area contributed by atoms with Crippen molar-refractivity contribution in [2.75, 3.05) is 5.73 Å². The van der Waals surface area contributed by atoms with Gasteiger partial charge in [-0.05, 0) is 19.1 Å². The standard InChI is InChI=1S/C13H9ClFN3OS/c1-6-10(9-5-20-13(16)17-9)12(18-19-6)11-7(14)3-2-4-8(11)15/h2-5H,1H3,(H2,16,17). The van der Waals surface area contributed by atoms with Crippen LogP contribution in [0.4, 0.5) is 9.52 Å². The van der Waals surface area contributed by atoms with Gasteiger partial charge in [-0.2, -0.15) is 0 Å². The van der Waals surface area contributed by atoms with Gasteiger partial charge in [-0.15, -0.1) is 11.3 Å². The Morgan fingerprint density at radius 3 is 2.80 bits per heavy atom. The number of hydrogen-bond donors (Lipinski definition) is 1. The van der Waals surface area contributed by atoms with Crippen molar-refractivity contribution in [3.05, 3.63) is 40.2 Å². The molecule has 0 spiro atoms. The van der Waals surface area contributed by atoms with E-state index in [4.69, 9.17) is 21.9 Å². The molecule has 102 valence electrons. The number of anilines is 1. The van der Waals surface area contributed by atoms with Gasteiger partial charge in [-0.3, -0.25) is 0 Å². The topological polar surface area (TPSA) is 64.9 Å². The Hall–Kier alpha value is -1.92.